The van der Waals surface area contributed by atoms with Gasteiger partial charge in [0.05, 0.1) is 0 Å². The zero-order valence-corrected chi connectivity index (χ0v) is 6.30. The zero-order chi connectivity index (χ0) is 7.56. The van der Waals surface area contributed by atoms with Crippen LogP contribution < -0.4 is 5.31 Å². The van der Waals surface area contributed by atoms with E-state index in [2.05, 4.69) is 11.9 Å². The van der Waals surface area contributed by atoms with Gasteiger partial charge in [-0.3, -0.25) is 0 Å². The molecule has 2 heteroatoms. The Morgan fingerprint density at radius 1 is 1.89 bits per heavy atom. The van der Waals surface area contributed by atoms with Crippen molar-refractivity contribution in [1.29, 1.82) is 0 Å². The fraction of sp³-hybridized carbons (Fsp3) is 1.00. The van der Waals surface area contributed by atoms with Crippen molar-refractivity contribution in [3.8, 4) is 0 Å². The number of nitrogens with zero attached hydrogens (tertiary/aromatic N) is 1. The molecule has 1 saturated heterocycles. The Hall–Kier alpha value is -0.0800. The molecule has 0 amide bonds. The van der Waals surface area contributed by atoms with Crippen LogP contribution in [0.2, 0.25) is 1.41 Å². The molecule has 1 N–H and O–H groups in total. The fourth-order valence-electron chi connectivity index (χ4n) is 1.42. The van der Waals surface area contributed by atoms with Crippen molar-refractivity contribution in [2.45, 2.75) is 18.9 Å². The van der Waals surface area contributed by atoms with Crippen molar-refractivity contribution >= 4 is 0 Å². The van der Waals surface area contributed by atoms with Crippen LogP contribution in [-0.4, -0.2) is 38.1 Å². The third kappa shape index (κ3) is 1.66. The molecule has 1 atom stereocenters. The van der Waals surface area contributed by atoms with E-state index in [1.807, 2.05) is 7.05 Å². The quantitative estimate of drug-likeness (QED) is 0.578. The van der Waals surface area contributed by atoms with Gasteiger partial charge >= 0.3 is 0 Å². The van der Waals surface area contributed by atoms with E-state index in [1.165, 1.54) is 24.7 Å². The van der Waals surface area contributed by atoms with Crippen molar-refractivity contribution in [1.82, 2.24) is 10.2 Å². The van der Waals surface area contributed by atoms with Crippen LogP contribution in [0.1, 0.15) is 12.8 Å². The summed E-state index contributed by atoms with van der Waals surface area (Å²) in [6.45, 7) is 2.09. The Labute approximate surface area is 58.7 Å². The molecule has 1 unspecified atom stereocenters. The summed E-state index contributed by atoms with van der Waals surface area (Å²) in [4.78, 5) is 2.34. The molecule has 0 saturated carbocycles. The largest absolute Gasteiger partial charge is 0.318 e. The lowest BCUT2D eigenvalue weighted by Crippen LogP contribution is -2.33. The van der Waals surface area contributed by atoms with Crippen LogP contribution in [0, 0.1) is 0 Å². The SMILES string of the molecule is [3H]N(C)CC1CCCN1C. The lowest BCUT2D eigenvalue weighted by Gasteiger charge is -2.18. The van der Waals surface area contributed by atoms with Crippen molar-refractivity contribution in [2.24, 2.45) is 0 Å². The number of hydrogen-bond donors (Lipinski definition) is 1. The predicted molar refractivity (Wildman–Crippen MR) is 39.6 cm³/mol. The molecular formula is C7H16N2. The Morgan fingerprint density at radius 3 is 3.11 bits per heavy atom. The Balaban J connectivity index is 2.26. The molecule has 1 heterocycles. The van der Waals surface area contributed by atoms with E-state index >= 15 is 0 Å². The van der Waals surface area contributed by atoms with Crippen molar-refractivity contribution in [3.05, 3.63) is 0 Å². The molecule has 2 nitrogen and oxygen atoms in total. The van der Waals surface area contributed by atoms with Gasteiger partial charge in [0, 0.05) is 12.6 Å². The van der Waals surface area contributed by atoms with Gasteiger partial charge in [-0.2, -0.15) is 0 Å². The average molecular weight is 130 g/mol. The molecule has 0 aromatic rings. The second-order valence-corrected chi connectivity index (χ2v) is 2.78. The van der Waals surface area contributed by atoms with Gasteiger partial charge < -0.3 is 10.2 Å². The first kappa shape index (κ1) is 5.69. The van der Waals surface area contributed by atoms with Crippen LogP contribution in [0.4, 0.5) is 0 Å². The van der Waals surface area contributed by atoms with Crippen LogP contribution in [0.3, 0.4) is 0 Å². The monoisotopic (exact) mass is 130 g/mol. The summed E-state index contributed by atoms with van der Waals surface area (Å²) < 4.78 is 7.24. The summed E-state index contributed by atoms with van der Waals surface area (Å²) in [5, 5.41) is 1.52. The molecule has 0 aromatic carbocycles. The maximum absolute atomic E-state index is 7.24. The van der Waals surface area contributed by atoms with E-state index < -0.39 is 0 Å². The number of nitrogens with one attached hydrogen (secondary N) is 1. The first-order chi connectivity index (χ1) is 4.70. The molecule has 0 radical (unpaired) electrons. The van der Waals surface area contributed by atoms with Crippen molar-refractivity contribution in [2.75, 3.05) is 27.2 Å². The molecule has 9 heavy (non-hydrogen) atoms. The third-order valence-electron chi connectivity index (χ3n) is 2.06. The number of rotatable bonds is 2. The summed E-state index contributed by atoms with van der Waals surface area (Å²) >= 11 is 0. The van der Waals surface area contributed by atoms with Gasteiger partial charge in [0.1, 0.15) is 1.41 Å². The standard InChI is InChI=1S/C7H16N2/c1-8-6-7-4-3-5-9(7)2/h7-8H,3-6H2,1-2H3/i/hT. The normalized spacial score (nSPS) is 31.4. The highest BCUT2D eigenvalue weighted by Gasteiger charge is 2.18. The van der Waals surface area contributed by atoms with E-state index in [0.717, 1.165) is 6.54 Å². The highest BCUT2D eigenvalue weighted by atomic mass is 15.2. The smallest absolute Gasteiger partial charge is 0.122 e. The van der Waals surface area contributed by atoms with Crippen LogP contribution in [-0.2, 0) is 0 Å². The van der Waals surface area contributed by atoms with Gasteiger partial charge in [-0.15, -0.1) is 0 Å². The van der Waals surface area contributed by atoms with Crippen LogP contribution >= 0.6 is 0 Å². The van der Waals surface area contributed by atoms with E-state index in [0.29, 0.717) is 6.04 Å². The Kier molecular flexibility index (Phi) is 2.01. The van der Waals surface area contributed by atoms with Gasteiger partial charge in [0.25, 0.3) is 0 Å². The van der Waals surface area contributed by atoms with Crippen LogP contribution in [0.5, 0.6) is 0 Å². The first-order valence-corrected chi connectivity index (χ1v) is 3.60. The van der Waals surface area contributed by atoms with Gasteiger partial charge in [-0.1, -0.05) is 0 Å². The fourth-order valence-corrected chi connectivity index (χ4v) is 1.42. The Bertz CT molecular complexity index is 106. The van der Waals surface area contributed by atoms with Gasteiger partial charge in [-0.05, 0) is 33.5 Å². The van der Waals surface area contributed by atoms with Gasteiger partial charge in [0.15, 0.2) is 0 Å². The molecule has 54 valence electrons. The molecule has 0 aliphatic carbocycles. The van der Waals surface area contributed by atoms with Gasteiger partial charge in [0.2, 0.25) is 0 Å². The first-order valence-electron chi connectivity index (χ1n) is 4.05. The highest BCUT2D eigenvalue weighted by Crippen LogP contribution is 2.12. The van der Waals surface area contributed by atoms with Crippen molar-refractivity contribution < 1.29 is 1.41 Å². The molecule has 0 aromatic heterocycles. The summed E-state index contributed by atoms with van der Waals surface area (Å²) in [5.74, 6) is 0. The number of likely N-dealkylation sites (N-methyl/N-ethyl adjacent to an activating group) is 2. The molecular weight excluding hydrogens is 112 g/mol. The van der Waals surface area contributed by atoms with E-state index in [-0.39, 0.29) is 0 Å². The Morgan fingerprint density at radius 2 is 2.67 bits per heavy atom. The third-order valence-corrected chi connectivity index (χ3v) is 2.06. The number of likely N-dealkylation sites (tertiary alicyclic amines) is 1. The van der Waals surface area contributed by atoms with E-state index in [9.17, 15) is 0 Å². The number of hydrogen-bond acceptors (Lipinski definition) is 2. The summed E-state index contributed by atoms with van der Waals surface area (Å²) in [7, 11) is 3.95. The average Bonchev–Trinajstić information content (AvgIpc) is 2.15. The maximum atomic E-state index is 7.24. The van der Waals surface area contributed by atoms with Crippen LogP contribution in [0.15, 0.2) is 0 Å². The second-order valence-electron chi connectivity index (χ2n) is 2.78. The molecule has 0 bridgehead atoms. The van der Waals surface area contributed by atoms with E-state index in [1.54, 1.807) is 0 Å². The minimum Gasteiger partial charge on any atom is -0.318 e. The van der Waals surface area contributed by atoms with E-state index in [4.69, 9.17) is 1.41 Å². The topological polar surface area (TPSA) is 15.3 Å². The van der Waals surface area contributed by atoms with Crippen molar-refractivity contribution in [3.63, 3.8) is 0 Å². The second kappa shape index (κ2) is 3.18. The molecule has 1 rings (SSSR count). The van der Waals surface area contributed by atoms with Crippen LogP contribution in [0.25, 0.3) is 0 Å². The lowest BCUT2D eigenvalue weighted by molar-refractivity contribution is 0.305. The predicted octanol–water partition coefficient (Wildman–Crippen LogP) is 0.300. The minimum absolute atomic E-state index is 0.627. The zero-order valence-electron chi connectivity index (χ0n) is 7.30. The summed E-state index contributed by atoms with van der Waals surface area (Å²) in [6, 6.07) is 0.627. The molecule has 1 aliphatic rings. The summed E-state index contributed by atoms with van der Waals surface area (Å²) in [5.41, 5.74) is 0. The molecule has 0 spiro atoms. The molecule has 1 fully saturated rings. The molecule has 1 aliphatic heterocycles. The summed E-state index contributed by atoms with van der Waals surface area (Å²) in [6.07, 6.45) is 2.56. The van der Waals surface area contributed by atoms with Gasteiger partial charge in [-0.25, -0.2) is 0 Å². The lowest BCUT2D eigenvalue weighted by atomic mass is 10.2. The highest BCUT2D eigenvalue weighted by molar-refractivity contribution is 4.77. The minimum atomic E-state index is 0.627. The maximum Gasteiger partial charge on any atom is 0.122 e.